The molecule has 6 heteroatoms. The number of hydrogen-bond acceptors (Lipinski definition) is 3. The topological polar surface area (TPSA) is 87.7 Å². The van der Waals surface area contributed by atoms with Crippen LogP contribution in [-0.4, -0.2) is 42.4 Å². The van der Waals surface area contributed by atoms with Crippen molar-refractivity contribution in [3.05, 3.63) is 12.2 Å². The summed E-state index contributed by atoms with van der Waals surface area (Å²) in [6, 6.07) is -0.284. The molecule has 0 bridgehead atoms. The monoisotopic (exact) mass is 268 g/mol. The minimum Gasteiger partial charge on any atom is -0.481 e. The van der Waals surface area contributed by atoms with Crippen LogP contribution in [0.4, 0.5) is 4.79 Å². The first-order valence-corrected chi connectivity index (χ1v) is 6.59. The standard InChI is InChI=1S/C13H20N2O4/c1-19-11-5-4-10(7-11)15-13(18)14-9-3-2-8(6-9)12(16)17/h2-3,8-11H,4-7H2,1H3,(H,16,17)(H2,14,15,18). The van der Waals surface area contributed by atoms with Crippen molar-refractivity contribution >= 4 is 12.0 Å². The molecule has 1 fully saturated rings. The van der Waals surface area contributed by atoms with Gasteiger partial charge in [0.05, 0.1) is 18.1 Å². The molecule has 0 spiro atoms. The van der Waals surface area contributed by atoms with Gasteiger partial charge in [0.15, 0.2) is 0 Å². The van der Waals surface area contributed by atoms with Crippen LogP contribution in [0.3, 0.4) is 0 Å². The highest BCUT2D eigenvalue weighted by Gasteiger charge is 2.28. The number of methoxy groups -OCH3 is 1. The Labute approximate surface area is 112 Å². The zero-order valence-electron chi connectivity index (χ0n) is 11.0. The zero-order valence-corrected chi connectivity index (χ0v) is 11.0. The van der Waals surface area contributed by atoms with E-state index in [2.05, 4.69) is 10.6 Å². The molecule has 0 aromatic heterocycles. The van der Waals surface area contributed by atoms with Crippen LogP contribution < -0.4 is 10.6 Å². The van der Waals surface area contributed by atoms with E-state index in [4.69, 9.17) is 9.84 Å². The molecule has 3 N–H and O–H groups in total. The van der Waals surface area contributed by atoms with E-state index in [0.29, 0.717) is 6.42 Å². The predicted molar refractivity (Wildman–Crippen MR) is 68.8 cm³/mol. The first-order valence-electron chi connectivity index (χ1n) is 6.59. The first kappa shape index (κ1) is 13.9. The molecule has 106 valence electrons. The number of rotatable bonds is 4. The number of aliphatic carboxylic acids is 1. The lowest BCUT2D eigenvalue weighted by Crippen LogP contribution is -2.45. The minimum atomic E-state index is -0.848. The molecule has 2 aliphatic rings. The highest BCUT2D eigenvalue weighted by atomic mass is 16.5. The normalized spacial score (nSPS) is 33.3. The van der Waals surface area contributed by atoms with Gasteiger partial charge in [-0.3, -0.25) is 4.79 Å². The van der Waals surface area contributed by atoms with E-state index in [-0.39, 0.29) is 24.2 Å². The maximum absolute atomic E-state index is 11.8. The van der Waals surface area contributed by atoms with Crippen molar-refractivity contribution < 1.29 is 19.4 Å². The lowest BCUT2D eigenvalue weighted by molar-refractivity contribution is -0.140. The lowest BCUT2D eigenvalue weighted by atomic mass is 10.1. The summed E-state index contributed by atoms with van der Waals surface area (Å²) in [4.78, 5) is 22.6. The Hall–Kier alpha value is -1.56. The number of nitrogens with one attached hydrogen (secondary N) is 2. The van der Waals surface area contributed by atoms with Crippen molar-refractivity contribution in [2.75, 3.05) is 7.11 Å². The average molecular weight is 268 g/mol. The van der Waals surface area contributed by atoms with Crippen molar-refractivity contribution in [1.29, 1.82) is 0 Å². The number of ether oxygens (including phenoxy) is 1. The molecule has 0 aliphatic heterocycles. The quantitative estimate of drug-likeness (QED) is 0.661. The van der Waals surface area contributed by atoms with Crippen LogP contribution in [0, 0.1) is 5.92 Å². The van der Waals surface area contributed by atoms with Crippen LogP contribution in [0.1, 0.15) is 25.7 Å². The van der Waals surface area contributed by atoms with Gasteiger partial charge in [-0.05, 0) is 25.7 Å². The second kappa shape index (κ2) is 6.06. The number of carboxylic acids is 1. The van der Waals surface area contributed by atoms with E-state index in [1.807, 2.05) is 0 Å². The van der Waals surface area contributed by atoms with Gasteiger partial charge in [-0.1, -0.05) is 12.2 Å². The Morgan fingerprint density at radius 2 is 2.00 bits per heavy atom. The Morgan fingerprint density at radius 1 is 1.21 bits per heavy atom. The van der Waals surface area contributed by atoms with Gasteiger partial charge in [0.1, 0.15) is 0 Å². The lowest BCUT2D eigenvalue weighted by Gasteiger charge is -2.17. The second-order valence-corrected chi connectivity index (χ2v) is 5.16. The predicted octanol–water partition coefficient (Wildman–Crippen LogP) is 0.882. The fraction of sp³-hybridized carbons (Fsp3) is 0.692. The number of urea groups is 1. The van der Waals surface area contributed by atoms with E-state index in [0.717, 1.165) is 19.3 Å². The average Bonchev–Trinajstić information content (AvgIpc) is 2.98. The van der Waals surface area contributed by atoms with Gasteiger partial charge in [0.25, 0.3) is 0 Å². The largest absolute Gasteiger partial charge is 0.481 e. The van der Waals surface area contributed by atoms with Crippen LogP contribution in [0.5, 0.6) is 0 Å². The Morgan fingerprint density at radius 3 is 2.58 bits per heavy atom. The van der Waals surface area contributed by atoms with Crippen molar-refractivity contribution in [2.24, 2.45) is 5.92 Å². The molecule has 1 saturated carbocycles. The summed E-state index contributed by atoms with van der Waals surface area (Å²) in [5.74, 6) is -1.34. The number of carbonyl (C=O) groups is 2. The Kier molecular flexibility index (Phi) is 4.42. The summed E-state index contributed by atoms with van der Waals surface area (Å²) in [6.07, 6.45) is 6.74. The molecule has 4 unspecified atom stereocenters. The summed E-state index contributed by atoms with van der Waals surface area (Å²) < 4.78 is 5.25. The minimum absolute atomic E-state index is 0.144. The summed E-state index contributed by atoms with van der Waals surface area (Å²) >= 11 is 0. The summed E-state index contributed by atoms with van der Waals surface area (Å²) in [6.45, 7) is 0. The van der Waals surface area contributed by atoms with Crippen molar-refractivity contribution in [2.45, 2.75) is 43.9 Å². The maximum Gasteiger partial charge on any atom is 0.315 e. The van der Waals surface area contributed by atoms with Crippen molar-refractivity contribution in [1.82, 2.24) is 10.6 Å². The molecule has 0 heterocycles. The van der Waals surface area contributed by atoms with Gasteiger partial charge < -0.3 is 20.5 Å². The third kappa shape index (κ3) is 3.70. The molecule has 2 aliphatic carbocycles. The molecule has 6 nitrogen and oxygen atoms in total. The van der Waals surface area contributed by atoms with Gasteiger partial charge in [0, 0.05) is 13.2 Å². The van der Waals surface area contributed by atoms with E-state index < -0.39 is 11.9 Å². The van der Waals surface area contributed by atoms with Crippen LogP contribution in [0.2, 0.25) is 0 Å². The van der Waals surface area contributed by atoms with Crippen LogP contribution in [-0.2, 0) is 9.53 Å². The second-order valence-electron chi connectivity index (χ2n) is 5.16. The zero-order chi connectivity index (χ0) is 13.8. The molecule has 2 rings (SSSR count). The van der Waals surface area contributed by atoms with Crippen LogP contribution in [0.25, 0.3) is 0 Å². The maximum atomic E-state index is 11.8. The SMILES string of the molecule is COC1CCC(NC(=O)NC2C=CC(C(=O)O)C2)C1. The van der Waals surface area contributed by atoms with E-state index in [1.54, 1.807) is 19.3 Å². The molecule has 2 amide bonds. The van der Waals surface area contributed by atoms with Gasteiger partial charge in [-0.2, -0.15) is 0 Å². The van der Waals surface area contributed by atoms with Gasteiger partial charge in [0.2, 0.25) is 0 Å². The number of carbonyl (C=O) groups excluding carboxylic acids is 1. The van der Waals surface area contributed by atoms with Crippen LogP contribution in [0.15, 0.2) is 12.2 Å². The third-order valence-corrected chi connectivity index (χ3v) is 3.77. The number of amides is 2. The van der Waals surface area contributed by atoms with Gasteiger partial charge >= 0.3 is 12.0 Å². The summed E-state index contributed by atoms with van der Waals surface area (Å²) in [5, 5.41) is 14.5. The van der Waals surface area contributed by atoms with Gasteiger partial charge in [-0.25, -0.2) is 4.79 Å². The molecule has 0 aromatic carbocycles. The Balaban J connectivity index is 1.71. The molecular weight excluding hydrogens is 248 g/mol. The highest BCUT2D eigenvalue weighted by Crippen LogP contribution is 2.21. The van der Waals surface area contributed by atoms with E-state index in [9.17, 15) is 9.59 Å². The summed E-state index contributed by atoms with van der Waals surface area (Å²) in [5.41, 5.74) is 0. The van der Waals surface area contributed by atoms with E-state index >= 15 is 0 Å². The first-order chi connectivity index (χ1) is 9.08. The van der Waals surface area contributed by atoms with Crippen molar-refractivity contribution in [3.63, 3.8) is 0 Å². The van der Waals surface area contributed by atoms with Gasteiger partial charge in [-0.15, -0.1) is 0 Å². The molecule has 4 atom stereocenters. The third-order valence-electron chi connectivity index (χ3n) is 3.77. The van der Waals surface area contributed by atoms with E-state index in [1.165, 1.54) is 0 Å². The molecule has 0 radical (unpaired) electrons. The number of carboxylic acid groups (broad SMARTS) is 1. The van der Waals surface area contributed by atoms with Crippen LogP contribution >= 0.6 is 0 Å². The summed E-state index contributed by atoms with van der Waals surface area (Å²) in [7, 11) is 1.68. The van der Waals surface area contributed by atoms with Crippen molar-refractivity contribution in [3.8, 4) is 0 Å². The highest BCUT2D eigenvalue weighted by molar-refractivity contribution is 5.76. The fourth-order valence-corrected chi connectivity index (χ4v) is 2.67. The molecule has 19 heavy (non-hydrogen) atoms. The number of hydrogen-bond donors (Lipinski definition) is 3. The molecule has 0 saturated heterocycles. The molecular formula is C13H20N2O4. The fourth-order valence-electron chi connectivity index (χ4n) is 2.67. The molecule has 0 aromatic rings. The Bertz CT molecular complexity index is 383. The smallest absolute Gasteiger partial charge is 0.315 e.